The van der Waals surface area contributed by atoms with Crippen LogP contribution in [0.2, 0.25) is 0 Å². The first kappa shape index (κ1) is 13.0. The van der Waals surface area contributed by atoms with Gasteiger partial charge in [-0.1, -0.05) is 36.4 Å². The third-order valence-electron chi connectivity index (χ3n) is 2.75. The van der Waals surface area contributed by atoms with E-state index in [1.54, 1.807) is 6.08 Å². The van der Waals surface area contributed by atoms with Gasteiger partial charge >= 0.3 is 0 Å². The van der Waals surface area contributed by atoms with Gasteiger partial charge in [0.05, 0.1) is 0 Å². The molecule has 2 rings (SSSR count). The largest absolute Gasteiger partial charge is 0.356 e. The predicted octanol–water partition coefficient (Wildman–Crippen LogP) is 0.457. The number of carbonyl (C=O) groups excluding carboxylic acids is 2. The molecule has 1 fully saturated rings. The van der Waals surface area contributed by atoms with E-state index >= 15 is 0 Å². The number of nitrogens with one attached hydrogen (secondary N) is 2. The van der Waals surface area contributed by atoms with Crippen molar-refractivity contribution in [2.45, 2.75) is 13.3 Å². The maximum atomic E-state index is 11.5. The molecule has 0 unspecified atom stereocenters. The highest BCUT2D eigenvalue weighted by molar-refractivity contribution is 6.20. The van der Waals surface area contributed by atoms with E-state index in [4.69, 9.17) is 5.11 Å². The number of hydrogen-bond donors (Lipinski definition) is 3. The zero-order chi connectivity index (χ0) is 13.8. The molecule has 1 aliphatic rings. The fourth-order valence-electron chi connectivity index (χ4n) is 1.72. The number of aryl methyl sites for hydroxylation is 1. The second-order valence-corrected chi connectivity index (χ2v) is 4.15. The van der Waals surface area contributed by atoms with Gasteiger partial charge in [-0.15, -0.1) is 0 Å². The van der Waals surface area contributed by atoms with E-state index < -0.39 is 18.2 Å². The van der Waals surface area contributed by atoms with Gasteiger partial charge in [0.25, 0.3) is 11.8 Å². The van der Waals surface area contributed by atoms with Gasteiger partial charge in [-0.05, 0) is 24.1 Å². The van der Waals surface area contributed by atoms with Gasteiger partial charge in [-0.3, -0.25) is 9.59 Å². The minimum Gasteiger partial charge on any atom is -0.356 e. The highest BCUT2D eigenvalue weighted by Gasteiger charge is 2.26. The lowest BCUT2D eigenvalue weighted by Gasteiger charge is -2.20. The Bertz CT molecular complexity index is 556. The Morgan fingerprint density at radius 1 is 1.16 bits per heavy atom. The van der Waals surface area contributed by atoms with Gasteiger partial charge < -0.3 is 15.7 Å². The van der Waals surface area contributed by atoms with Gasteiger partial charge in [0.1, 0.15) is 5.57 Å². The molecule has 3 N–H and O–H groups in total. The average molecular weight is 258 g/mol. The van der Waals surface area contributed by atoms with E-state index in [1.807, 2.05) is 37.3 Å². The topological polar surface area (TPSA) is 78.4 Å². The summed E-state index contributed by atoms with van der Waals surface area (Å²) in [6.45, 7) is 1.98. The number of aliphatic hydroxyl groups is 1. The number of carbonyl (C=O) groups is 2. The molecule has 98 valence electrons. The van der Waals surface area contributed by atoms with E-state index in [0.29, 0.717) is 0 Å². The number of rotatable bonds is 2. The summed E-state index contributed by atoms with van der Waals surface area (Å²) in [7, 11) is 0. The first-order valence-corrected chi connectivity index (χ1v) is 5.82. The van der Waals surface area contributed by atoms with Crippen molar-refractivity contribution in [1.82, 2.24) is 10.6 Å². The SMILES string of the molecule is Cc1ccccc1C=CC=C1C(=O)NC(O)NC1=O. The van der Waals surface area contributed by atoms with Crippen LogP contribution in [0, 0.1) is 6.92 Å². The monoisotopic (exact) mass is 258 g/mol. The fourth-order valence-corrected chi connectivity index (χ4v) is 1.72. The lowest BCUT2D eigenvalue weighted by molar-refractivity contribution is -0.132. The molecule has 1 aliphatic heterocycles. The Balaban J connectivity index is 2.16. The van der Waals surface area contributed by atoms with Crippen LogP contribution in [0.25, 0.3) is 6.08 Å². The van der Waals surface area contributed by atoms with Crippen molar-refractivity contribution < 1.29 is 14.7 Å². The molecule has 0 spiro atoms. The Hall–Kier alpha value is -2.40. The highest BCUT2D eigenvalue weighted by atomic mass is 16.3. The Morgan fingerprint density at radius 2 is 1.79 bits per heavy atom. The van der Waals surface area contributed by atoms with Crippen LogP contribution in [0.4, 0.5) is 0 Å². The quantitative estimate of drug-likeness (QED) is 0.532. The van der Waals surface area contributed by atoms with Crippen molar-refractivity contribution in [3.63, 3.8) is 0 Å². The molecule has 5 nitrogen and oxygen atoms in total. The van der Waals surface area contributed by atoms with E-state index in [-0.39, 0.29) is 5.57 Å². The molecule has 2 amide bonds. The molecule has 1 aromatic rings. The van der Waals surface area contributed by atoms with Crippen molar-refractivity contribution in [2.75, 3.05) is 0 Å². The molecule has 1 saturated heterocycles. The van der Waals surface area contributed by atoms with Crippen molar-refractivity contribution >= 4 is 17.9 Å². The molecule has 1 heterocycles. The molecule has 1 aromatic carbocycles. The first-order valence-electron chi connectivity index (χ1n) is 5.82. The van der Waals surface area contributed by atoms with E-state index in [0.717, 1.165) is 11.1 Å². The minimum atomic E-state index is -1.32. The molecule has 5 heteroatoms. The highest BCUT2D eigenvalue weighted by Crippen LogP contribution is 2.10. The summed E-state index contributed by atoms with van der Waals surface area (Å²) in [6.07, 6.45) is 3.54. The van der Waals surface area contributed by atoms with Crippen LogP contribution in [0.1, 0.15) is 11.1 Å². The summed E-state index contributed by atoms with van der Waals surface area (Å²) in [6, 6.07) is 7.77. The van der Waals surface area contributed by atoms with Crippen molar-refractivity contribution in [3.05, 3.63) is 53.1 Å². The molecule has 0 bridgehead atoms. The molecule has 0 atom stereocenters. The second-order valence-electron chi connectivity index (χ2n) is 4.15. The predicted molar refractivity (Wildman–Crippen MR) is 70.6 cm³/mol. The zero-order valence-electron chi connectivity index (χ0n) is 10.4. The summed E-state index contributed by atoms with van der Waals surface area (Å²) >= 11 is 0. The first-order chi connectivity index (χ1) is 9.08. The average Bonchev–Trinajstić information content (AvgIpc) is 2.34. The molecule has 0 saturated carbocycles. The normalized spacial score (nSPS) is 19.3. The van der Waals surface area contributed by atoms with Gasteiger partial charge in [0.2, 0.25) is 6.35 Å². The van der Waals surface area contributed by atoms with Crippen LogP contribution in [0.15, 0.2) is 42.0 Å². The fraction of sp³-hybridized carbons (Fsp3) is 0.143. The maximum absolute atomic E-state index is 11.5. The van der Waals surface area contributed by atoms with Crippen LogP contribution in [-0.4, -0.2) is 23.3 Å². The third kappa shape index (κ3) is 3.08. The molecular formula is C14H14N2O3. The lowest BCUT2D eigenvalue weighted by Crippen LogP contribution is -2.55. The second kappa shape index (κ2) is 5.49. The molecule has 0 aliphatic carbocycles. The van der Waals surface area contributed by atoms with Crippen LogP contribution >= 0.6 is 0 Å². The van der Waals surface area contributed by atoms with Crippen molar-refractivity contribution in [1.29, 1.82) is 0 Å². The van der Waals surface area contributed by atoms with Gasteiger partial charge in [0, 0.05) is 0 Å². The Morgan fingerprint density at radius 3 is 2.42 bits per heavy atom. The van der Waals surface area contributed by atoms with Gasteiger partial charge in [-0.25, -0.2) is 0 Å². The molecule has 19 heavy (non-hydrogen) atoms. The Labute approximate surface area is 110 Å². The van der Waals surface area contributed by atoms with Gasteiger partial charge in [0.15, 0.2) is 0 Å². The zero-order valence-corrected chi connectivity index (χ0v) is 10.4. The summed E-state index contributed by atoms with van der Waals surface area (Å²) in [4.78, 5) is 23.0. The summed E-state index contributed by atoms with van der Waals surface area (Å²) in [5, 5.41) is 13.5. The summed E-state index contributed by atoms with van der Waals surface area (Å²) in [5.74, 6) is -1.18. The lowest BCUT2D eigenvalue weighted by atomic mass is 10.1. The van der Waals surface area contributed by atoms with E-state index in [1.165, 1.54) is 6.08 Å². The van der Waals surface area contributed by atoms with Crippen LogP contribution in [-0.2, 0) is 9.59 Å². The maximum Gasteiger partial charge on any atom is 0.260 e. The Kier molecular flexibility index (Phi) is 3.77. The van der Waals surface area contributed by atoms with Crippen LogP contribution in [0.5, 0.6) is 0 Å². The molecular weight excluding hydrogens is 244 g/mol. The number of hydrogen-bond acceptors (Lipinski definition) is 3. The minimum absolute atomic E-state index is 0.0323. The smallest absolute Gasteiger partial charge is 0.260 e. The van der Waals surface area contributed by atoms with Gasteiger partial charge in [-0.2, -0.15) is 0 Å². The van der Waals surface area contributed by atoms with Crippen LogP contribution in [0.3, 0.4) is 0 Å². The number of benzene rings is 1. The molecule has 0 aromatic heterocycles. The van der Waals surface area contributed by atoms with E-state index in [9.17, 15) is 9.59 Å². The summed E-state index contributed by atoms with van der Waals surface area (Å²) in [5.41, 5.74) is 2.08. The van der Waals surface area contributed by atoms with Crippen LogP contribution < -0.4 is 10.6 Å². The third-order valence-corrected chi connectivity index (χ3v) is 2.75. The number of amides is 2. The number of allylic oxidation sites excluding steroid dienone is 2. The molecule has 0 radical (unpaired) electrons. The van der Waals surface area contributed by atoms with E-state index in [2.05, 4.69) is 10.6 Å². The number of aliphatic hydroxyl groups excluding tert-OH is 1. The standard InChI is InChI=1S/C14H14N2O3/c1-9-5-2-3-6-10(9)7-4-8-11-12(17)15-14(19)16-13(11)18/h2-8,14,19H,1H3,(H,15,17)(H,16,18). The summed E-state index contributed by atoms with van der Waals surface area (Å²) < 4.78 is 0. The van der Waals surface area contributed by atoms with Crippen molar-refractivity contribution in [2.24, 2.45) is 0 Å². The van der Waals surface area contributed by atoms with Crippen molar-refractivity contribution in [3.8, 4) is 0 Å².